The van der Waals surface area contributed by atoms with Gasteiger partial charge >= 0.3 is 5.97 Å². The fraction of sp³-hybridized carbons (Fsp3) is 0.435. The summed E-state index contributed by atoms with van der Waals surface area (Å²) in [7, 11) is 0. The Hall–Kier alpha value is -2.57. The average molecular weight is 397 g/mol. The van der Waals surface area contributed by atoms with Crippen LogP contribution in [0.2, 0.25) is 0 Å². The first-order valence-corrected chi connectivity index (χ1v) is 10.3. The molecule has 0 amide bonds. The Bertz CT molecular complexity index is 988. The molecule has 0 radical (unpaired) electrons. The van der Waals surface area contributed by atoms with Crippen molar-refractivity contribution in [2.75, 3.05) is 32.8 Å². The quantitative estimate of drug-likeness (QED) is 0.615. The van der Waals surface area contributed by atoms with Crippen LogP contribution in [0.15, 0.2) is 41.0 Å². The molecule has 2 aromatic carbocycles. The number of benzene rings is 2. The summed E-state index contributed by atoms with van der Waals surface area (Å²) >= 11 is 0. The lowest BCUT2D eigenvalue weighted by atomic mass is 10.0. The second kappa shape index (κ2) is 8.84. The van der Waals surface area contributed by atoms with Crippen LogP contribution in [0.3, 0.4) is 0 Å². The molecule has 0 saturated carbocycles. The number of fused-ring (bicyclic) bond motifs is 3. The normalized spacial score (nSPS) is 15.8. The minimum Gasteiger partial charge on any atom is -0.492 e. The molecule has 1 fully saturated rings. The van der Waals surface area contributed by atoms with E-state index in [1.54, 1.807) is 13.2 Å². The summed E-state index contributed by atoms with van der Waals surface area (Å²) in [5, 5.41) is 12.6. The molecular weight excluding hydrogens is 370 g/mol. The maximum Gasteiger partial charge on any atom is 0.310 e. The van der Waals surface area contributed by atoms with E-state index in [2.05, 4.69) is 4.90 Å². The highest BCUT2D eigenvalue weighted by Crippen LogP contribution is 2.32. The van der Waals surface area contributed by atoms with Crippen LogP contribution in [-0.2, 0) is 16.0 Å². The number of aliphatic hydroxyl groups excluding tert-OH is 1. The zero-order valence-electron chi connectivity index (χ0n) is 16.7. The van der Waals surface area contributed by atoms with E-state index in [1.807, 2.05) is 30.3 Å². The van der Waals surface area contributed by atoms with E-state index in [1.165, 1.54) is 0 Å². The lowest BCUT2D eigenvalue weighted by Gasteiger charge is -2.29. The molecule has 1 aromatic heterocycles. The number of piperidine rings is 1. The van der Waals surface area contributed by atoms with Gasteiger partial charge in [0.15, 0.2) is 0 Å². The Morgan fingerprint density at radius 3 is 2.86 bits per heavy atom. The molecule has 6 nitrogen and oxygen atoms in total. The lowest BCUT2D eigenvalue weighted by Crippen LogP contribution is -2.38. The minimum atomic E-state index is -0.252. The predicted octanol–water partition coefficient (Wildman–Crippen LogP) is 3.53. The van der Waals surface area contributed by atoms with Gasteiger partial charge in [0.2, 0.25) is 0 Å². The number of carbonyl (C=O) groups is 1. The first-order chi connectivity index (χ1) is 14.1. The van der Waals surface area contributed by atoms with Gasteiger partial charge in [-0.1, -0.05) is 6.07 Å². The number of likely N-dealkylation sites (tertiary alicyclic amines) is 1. The number of aliphatic hydroxyl groups is 1. The maximum atomic E-state index is 11.9. The standard InChI is InChI=1S/C23H27NO5/c1-2-27-22(26)14-17-15-29-21-6-3-16-13-19(4-5-20(16)23(17)21)28-12-11-24-9-7-18(25)8-10-24/h3-6,13,15,18,25H,2,7-12,14H2,1H3. The third-order valence-corrected chi connectivity index (χ3v) is 5.48. The summed E-state index contributed by atoms with van der Waals surface area (Å²) in [4.78, 5) is 14.2. The van der Waals surface area contributed by atoms with Crippen molar-refractivity contribution in [3.8, 4) is 5.75 Å². The first-order valence-electron chi connectivity index (χ1n) is 10.3. The number of ether oxygens (including phenoxy) is 2. The summed E-state index contributed by atoms with van der Waals surface area (Å²) in [6, 6.07) is 9.94. The van der Waals surface area contributed by atoms with Crippen molar-refractivity contribution in [2.45, 2.75) is 32.3 Å². The van der Waals surface area contributed by atoms with Gasteiger partial charge < -0.3 is 19.0 Å². The van der Waals surface area contributed by atoms with Gasteiger partial charge in [0, 0.05) is 30.6 Å². The zero-order valence-corrected chi connectivity index (χ0v) is 16.7. The van der Waals surface area contributed by atoms with E-state index in [0.717, 1.165) is 65.5 Å². The minimum absolute atomic E-state index is 0.152. The summed E-state index contributed by atoms with van der Waals surface area (Å²) in [5.74, 6) is 0.571. The molecule has 1 aliphatic rings. The smallest absolute Gasteiger partial charge is 0.310 e. The van der Waals surface area contributed by atoms with E-state index < -0.39 is 0 Å². The number of nitrogens with zero attached hydrogens (tertiary/aromatic N) is 1. The second-order valence-electron chi connectivity index (χ2n) is 7.49. The van der Waals surface area contributed by atoms with Crippen LogP contribution >= 0.6 is 0 Å². The first kappa shape index (κ1) is 19.7. The molecule has 0 atom stereocenters. The number of carbonyl (C=O) groups excluding carboxylic acids is 1. The Labute approximate surface area is 170 Å². The molecule has 0 unspecified atom stereocenters. The van der Waals surface area contributed by atoms with Gasteiger partial charge in [0.1, 0.15) is 17.9 Å². The van der Waals surface area contributed by atoms with Gasteiger partial charge in [0.05, 0.1) is 25.4 Å². The fourth-order valence-corrected chi connectivity index (χ4v) is 3.93. The van der Waals surface area contributed by atoms with E-state index in [4.69, 9.17) is 13.9 Å². The van der Waals surface area contributed by atoms with Crippen LogP contribution in [0.25, 0.3) is 21.7 Å². The highest BCUT2D eigenvalue weighted by Gasteiger charge is 2.17. The molecule has 6 heteroatoms. The van der Waals surface area contributed by atoms with Gasteiger partial charge in [-0.25, -0.2) is 0 Å². The van der Waals surface area contributed by atoms with Gasteiger partial charge in [0.25, 0.3) is 0 Å². The summed E-state index contributed by atoms with van der Waals surface area (Å²) in [6.45, 7) is 5.48. The van der Waals surface area contributed by atoms with Gasteiger partial charge in [-0.3, -0.25) is 9.69 Å². The number of rotatable bonds is 7. The van der Waals surface area contributed by atoms with Crippen LogP contribution < -0.4 is 4.74 Å². The number of hydrogen-bond donors (Lipinski definition) is 1. The largest absolute Gasteiger partial charge is 0.492 e. The molecule has 2 heterocycles. The molecule has 0 spiro atoms. The van der Waals surface area contributed by atoms with E-state index >= 15 is 0 Å². The van der Waals surface area contributed by atoms with E-state index in [9.17, 15) is 9.90 Å². The Morgan fingerprint density at radius 2 is 2.07 bits per heavy atom. The fourth-order valence-electron chi connectivity index (χ4n) is 3.93. The number of furan rings is 1. The van der Waals surface area contributed by atoms with Crippen LogP contribution in [0.1, 0.15) is 25.3 Å². The van der Waals surface area contributed by atoms with Crippen molar-refractivity contribution in [3.63, 3.8) is 0 Å². The highest BCUT2D eigenvalue weighted by molar-refractivity contribution is 6.08. The monoisotopic (exact) mass is 397 g/mol. The van der Waals surface area contributed by atoms with Gasteiger partial charge in [-0.2, -0.15) is 0 Å². The second-order valence-corrected chi connectivity index (χ2v) is 7.49. The van der Waals surface area contributed by atoms with Crippen LogP contribution in [0, 0.1) is 0 Å². The Balaban J connectivity index is 1.47. The Morgan fingerprint density at radius 1 is 1.24 bits per heavy atom. The SMILES string of the molecule is CCOC(=O)Cc1coc2ccc3cc(OCCN4CCC(O)CC4)ccc3c12. The van der Waals surface area contributed by atoms with Crippen LogP contribution in [-0.4, -0.2) is 54.9 Å². The maximum absolute atomic E-state index is 11.9. The van der Waals surface area contributed by atoms with E-state index in [-0.39, 0.29) is 18.5 Å². The van der Waals surface area contributed by atoms with Gasteiger partial charge in [-0.15, -0.1) is 0 Å². The summed E-state index contributed by atoms with van der Waals surface area (Å²) < 4.78 is 16.7. The van der Waals surface area contributed by atoms with Crippen molar-refractivity contribution >= 4 is 27.7 Å². The Kier molecular flexibility index (Phi) is 6.02. The van der Waals surface area contributed by atoms with Crippen molar-refractivity contribution in [3.05, 3.63) is 42.2 Å². The van der Waals surface area contributed by atoms with E-state index in [0.29, 0.717) is 13.2 Å². The molecule has 4 rings (SSSR count). The predicted molar refractivity (Wildman–Crippen MR) is 111 cm³/mol. The molecule has 1 N–H and O–H groups in total. The average Bonchev–Trinajstić information content (AvgIpc) is 3.12. The molecule has 1 saturated heterocycles. The zero-order chi connectivity index (χ0) is 20.2. The molecule has 154 valence electrons. The molecule has 1 aliphatic heterocycles. The van der Waals surface area contributed by atoms with Gasteiger partial charge in [-0.05, 0) is 54.8 Å². The molecule has 0 bridgehead atoms. The van der Waals surface area contributed by atoms with Crippen LogP contribution in [0.5, 0.6) is 5.75 Å². The number of esters is 1. The highest BCUT2D eigenvalue weighted by atomic mass is 16.5. The molecule has 0 aliphatic carbocycles. The van der Waals surface area contributed by atoms with Crippen molar-refractivity contribution in [1.82, 2.24) is 4.90 Å². The van der Waals surface area contributed by atoms with Crippen molar-refractivity contribution in [2.24, 2.45) is 0 Å². The lowest BCUT2D eigenvalue weighted by molar-refractivity contribution is -0.142. The summed E-state index contributed by atoms with van der Waals surface area (Å²) in [5.41, 5.74) is 1.60. The van der Waals surface area contributed by atoms with Crippen molar-refractivity contribution < 1.29 is 23.8 Å². The molecule has 29 heavy (non-hydrogen) atoms. The molecule has 3 aromatic rings. The third kappa shape index (κ3) is 4.54. The topological polar surface area (TPSA) is 72.1 Å². The number of hydrogen-bond acceptors (Lipinski definition) is 6. The van der Waals surface area contributed by atoms with Crippen molar-refractivity contribution in [1.29, 1.82) is 0 Å². The van der Waals surface area contributed by atoms with Crippen LogP contribution in [0.4, 0.5) is 0 Å². The summed E-state index contributed by atoms with van der Waals surface area (Å²) in [6.07, 6.45) is 3.36. The third-order valence-electron chi connectivity index (χ3n) is 5.48. The molecular formula is C23H27NO5.